The zero-order chi connectivity index (χ0) is 11.5. The van der Waals surface area contributed by atoms with Gasteiger partial charge in [0.05, 0.1) is 6.54 Å². The first-order chi connectivity index (χ1) is 7.68. The van der Waals surface area contributed by atoms with Crippen LogP contribution in [0.4, 0.5) is 0 Å². The van der Waals surface area contributed by atoms with Crippen LogP contribution in [0.5, 0.6) is 0 Å². The number of benzene rings is 1. The van der Waals surface area contributed by atoms with Crippen molar-refractivity contribution in [2.75, 3.05) is 0 Å². The summed E-state index contributed by atoms with van der Waals surface area (Å²) in [5.41, 5.74) is 0.887. The predicted octanol–water partition coefficient (Wildman–Crippen LogP) is 0.696. The molecule has 84 valence electrons. The van der Waals surface area contributed by atoms with Crippen molar-refractivity contribution in [3.05, 3.63) is 35.9 Å². The molecule has 4 nitrogen and oxygen atoms in total. The fourth-order valence-corrected chi connectivity index (χ4v) is 1.75. The molecule has 1 aromatic carbocycles. The fraction of sp³-hybridized carbons (Fsp3) is 0.333. The van der Waals surface area contributed by atoms with Crippen molar-refractivity contribution in [2.24, 2.45) is 0 Å². The van der Waals surface area contributed by atoms with Gasteiger partial charge in [-0.1, -0.05) is 30.3 Å². The van der Waals surface area contributed by atoms with Crippen LogP contribution in [0.15, 0.2) is 30.3 Å². The molecule has 1 atom stereocenters. The lowest BCUT2D eigenvalue weighted by molar-refractivity contribution is -0.156. The molecule has 1 aliphatic heterocycles. The van der Waals surface area contributed by atoms with Gasteiger partial charge in [0.1, 0.15) is 6.10 Å². The number of carbonyl (C=O) groups is 2. The van der Waals surface area contributed by atoms with Gasteiger partial charge in [0, 0.05) is 6.42 Å². The molecule has 0 unspecified atom stereocenters. The lowest BCUT2D eigenvalue weighted by atomic mass is 10.1. The van der Waals surface area contributed by atoms with Crippen LogP contribution >= 0.6 is 0 Å². The van der Waals surface area contributed by atoms with E-state index in [-0.39, 0.29) is 25.3 Å². The Morgan fingerprint density at radius 3 is 2.62 bits per heavy atom. The molecule has 1 aliphatic rings. The normalized spacial score (nSPS) is 21.3. The van der Waals surface area contributed by atoms with Crippen LogP contribution < -0.4 is 0 Å². The number of piperidine rings is 1. The standard InChI is InChI=1S/C12H13NO3/c14-10-6-7-11(15)13(12(10)16)8-9-4-2-1-3-5-9/h1-5,10,14H,6-8H2/t10-/m1/s1. The van der Waals surface area contributed by atoms with E-state index in [1.165, 1.54) is 0 Å². The molecule has 0 spiro atoms. The number of nitrogens with zero attached hydrogens (tertiary/aromatic N) is 1. The van der Waals surface area contributed by atoms with Gasteiger partial charge in [-0.05, 0) is 12.0 Å². The molecule has 1 heterocycles. The summed E-state index contributed by atoms with van der Waals surface area (Å²) in [6.07, 6.45) is -0.552. The van der Waals surface area contributed by atoms with Crippen LogP contribution in [-0.4, -0.2) is 27.9 Å². The number of aliphatic hydroxyl groups is 1. The Balaban J connectivity index is 2.13. The van der Waals surface area contributed by atoms with Crippen LogP contribution in [-0.2, 0) is 16.1 Å². The minimum absolute atomic E-state index is 0.209. The number of imide groups is 1. The Morgan fingerprint density at radius 2 is 1.94 bits per heavy atom. The Kier molecular flexibility index (Phi) is 3.01. The molecule has 1 aromatic rings. The highest BCUT2D eigenvalue weighted by Gasteiger charge is 2.32. The van der Waals surface area contributed by atoms with Crippen LogP contribution in [0.1, 0.15) is 18.4 Å². The molecule has 2 rings (SSSR count). The molecular formula is C12H13NO3. The van der Waals surface area contributed by atoms with E-state index in [2.05, 4.69) is 0 Å². The highest BCUT2D eigenvalue weighted by Crippen LogP contribution is 2.16. The summed E-state index contributed by atoms with van der Waals surface area (Å²) in [5.74, 6) is -0.695. The van der Waals surface area contributed by atoms with Gasteiger partial charge in [0.15, 0.2) is 0 Å². The van der Waals surface area contributed by atoms with Crippen molar-refractivity contribution in [1.82, 2.24) is 4.90 Å². The third-order valence-electron chi connectivity index (χ3n) is 2.67. The lowest BCUT2D eigenvalue weighted by Crippen LogP contribution is -2.47. The minimum Gasteiger partial charge on any atom is -0.383 e. The molecule has 0 bridgehead atoms. The van der Waals surface area contributed by atoms with Crippen LogP contribution in [0.2, 0.25) is 0 Å². The summed E-state index contributed by atoms with van der Waals surface area (Å²) in [6, 6.07) is 9.27. The highest BCUT2D eigenvalue weighted by atomic mass is 16.3. The van der Waals surface area contributed by atoms with Crippen molar-refractivity contribution >= 4 is 11.8 Å². The second-order valence-electron chi connectivity index (χ2n) is 3.86. The zero-order valence-electron chi connectivity index (χ0n) is 8.80. The maximum absolute atomic E-state index is 11.6. The zero-order valence-corrected chi connectivity index (χ0v) is 8.80. The van der Waals surface area contributed by atoms with Gasteiger partial charge in [-0.2, -0.15) is 0 Å². The van der Waals surface area contributed by atoms with Gasteiger partial charge in [-0.15, -0.1) is 0 Å². The largest absolute Gasteiger partial charge is 0.383 e. The Bertz CT molecular complexity index is 402. The molecule has 16 heavy (non-hydrogen) atoms. The van der Waals surface area contributed by atoms with Crippen molar-refractivity contribution < 1.29 is 14.7 Å². The van der Waals surface area contributed by atoms with Crippen LogP contribution in [0, 0.1) is 0 Å². The first-order valence-electron chi connectivity index (χ1n) is 5.24. The van der Waals surface area contributed by atoms with E-state index in [1.807, 2.05) is 30.3 Å². The summed E-state index contributed by atoms with van der Waals surface area (Å²) in [4.78, 5) is 24.3. The molecular weight excluding hydrogens is 206 g/mol. The summed E-state index contributed by atoms with van der Waals surface area (Å²) in [7, 11) is 0. The van der Waals surface area contributed by atoms with Gasteiger partial charge in [-0.25, -0.2) is 0 Å². The van der Waals surface area contributed by atoms with E-state index in [4.69, 9.17) is 0 Å². The molecule has 0 saturated carbocycles. The SMILES string of the molecule is O=C1CC[C@@H](O)C(=O)N1Cc1ccccc1. The average Bonchev–Trinajstić information content (AvgIpc) is 2.31. The molecule has 1 N–H and O–H groups in total. The van der Waals surface area contributed by atoms with Crippen molar-refractivity contribution in [3.8, 4) is 0 Å². The third-order valence-corrected chi connectivity index (χ3v) is 2.67. The number of likely N-dealkylation sites (tertiary alicyclic amines) is 1. The lowest BCUT2D eigenvalue weighted by Gasteiger charge is -2.28. The number of rotatable bonds is 2. The fourth-order valence-electron chi connectivity index (χ4n) is 1.75. The topological polar surface area (TPSA) is 57.6 Å². The number of hydrogen-bond acceptors (Lipinski definition) is 3. The number of carbonyl (C=O) groups excluding carboxylic acids is 2. The second-order valence-corrected chi connectivity index (χ2v) is 3.86. The summed E-state index contributed by atoms with van der Waals surface area (Å²) < 4.78 is 0. The highest BCUT2D eigenvalue weighted by molar-refractivity contribution is 5.99. The van der Waals surface area contributed by atoms with Gasteiger partial charge in [0.25, 0.3) is 5.91 Å². The van der Waals surface area contributed by atoms with E-state index in [0.717, 1.165) is 10.5 Å². The predicted molar refractivity (Wildman–Crippen MR) is 57.2 cm³/mol. The smallest absolute Gasteiger partial charge is 0.258 e. The number of hydrogen-bond donors (Lipinski definition) is 1. The van der Waals surface area contributed by atoms with E-state index in [9.17, 15) is 14.7 Å². The van der Waals surface area contributed by atoms with E-state index in [1.54, 1.807) is 0 Å². The first-order valence-corrected chi connectivity index (χ1v) is 5.24. The molecule has 0 aromatic heterocycles. The van der Waals surface area contributed by atoms with Gasteiger partial charge < -0.3 is 5.11 Å². The van der Waals surface area contributed by atoms with E-state index < -0.39 is 12.0 Å². The Hall–Kier alpha value is -1.68. The minimum atomic E-state index is -1.03. The molecule has 1 fully saturated rings. The Labute approximate surface area is 93.5 Å². The van der Waals surface area contributed by atoms with Gasteiger partial charge >= 0.3 is 0 Å². The average molecular weight is 219 g/mol. The second kappa shape index (κ2) is 4.45. The number of aliphatic hydroxyl groups excluding tert-OH is 1. The van der Waals surface area contributed by atoms with Crippen molar-refractivity contribution in [1.29, 1.82) is 0 Å². The quantitative estimate of drug-likeness (QED) is 0.745. The summed E-state index contributed by atoms with van der Waals surface area (Å²) in [6.45, 7) is 0.246. The van der Waals surface area contributed by atoms with Gasteiger partial charge in [0.2, 0.25) is 5.91 Å². The monoisotopic (exact) mass is 219 g/mol. The van der Waals surface area contributed by atoms with E-state index in [0.29, 0.717) is 0 Å². The summed E-state index contributed by atoms with van der Waals surface area (Å²) in [5, 5.41) is 9.40. The molecule has 1 saturated heterocycles. The van der Waals surface area contributed by atoms with E-state index >= 15 is 0 Å². The van der Waals surface area contributed by atoms with Crippen LogP contribution in [0.25, 0.3) is 0 Å². The number of amides is 2. The third kappa shape index (κ3) is 2.12. The Morgan fingerprint density at radius 1 is 1.25 bits per heavy atom. The molecule has 0 radical (unpaired) electrons. The van der Waals surface area contributed by atoms with Crippen molar-refractivity contribution in [3.63, 3.8) is 0 Å². The molecule has 0 aliphatic carbocycles. The molecule has 4 heteroatoms. The van der Waals surface area contributed by atoms with Crippen molar-refractivity contribution in [2.45, 2.75) is 25.5 Å². The molecule has 2 amide bonds. The van der Waals surface area contributed by atoms with Gasteiger partial charge in [-0.3, -0.25) is 14.5 Å². The first kappa shape index (κ1) is 10.8. The maximum atomic E-state index is 11.6. The maximum Gasteiger partial charge on any atom is 0.258 e. The summed E-state index contributed by atoms with van der Waals surface area (Å²) >= 11 is 0. The van der Waals surface area contributed by atoms with Crippen LogP contribution in [0.3, 0.4) is 0 Å².